The van der Waals surface area contributed by atoms with Gasteiger partial charge in [0, 0.05) is 19.6 Å². The summed E-state index contributed by atoms with van der Waals surface area (Å²) < 4.78 is 0. The molecule has 4 heteroatoms. The van der Waals surface area contributed by atoms with E-state index in [1.807, 2.05) is 19.0 Å². The molecule has 1 amide bonds. The van der Waals surface area contributed by atoms with E-state index in [0.717, 1.165) is 19.6 Å². The molecule has 1 saturated heterocycles. The molecule has 1 atom stereocenters. The summed E-state index contributed by atoms with van der Waals surface area (Å²) in [5.41, 5.74) is 5.21. The number of hydrogen-bond acceptors (Lipinski definition) is 3. The van der Waals surface area contributed by atoms with Crippen LogP contribution in [0.5, 0.6) is 0 Å². The first-order chi connectivity index (χ1) is 5.11. The second-order valence-electron chi connectivity index (χ2n) is 3.16. The number of hydrogen-bond donors (Lipinski definition) is 1. The Balaban J connectivity index is 2.54. The summed E-state index contributed by atoms with van der Waals surface area (Å²) in [6.45, 7) is 2.69. The molecule has 64 valence electrons. The predicted octanol–water partition coefficient (Wildman–Crippen LogP) is -1.28. The highest BCUT2D eigenvalue weighted by atomic mass is 16.1. The number of rotatable bonds is 1. The van der Waals surface area contributed by atoms with Gasteiger partial charge in [0.1, 0.15) is 6.04 Å². The zero-order valence-electron chi connectivity index (χ0n) is 7.08. The largest absolute Gasteiger partial charge is 0.368 e. The average molecular weight is 157 g/mol. The van der Waals surface area contributed by atoms with Crippen LogP contribution in [-0.2, 0) is 4.79 Å². The molecule has 4 nitrogen and oxygen atoms in total. The molecule has 1 rings (SSSR count). The van der Waals surface area contributed by atoms with Gasteiger partial charge in [-0.05, 0) is 14.1 Å². The second-order valence-corrected chi connectivity index (χ2v) is 3.16. The molecule has 0 saturated carbocycles. The lowest BCUT2D eigenvalue weighted by molar-refractivity contribution is -0.124. The van der Waals surface area contributed by atoms with Crippen LogP contribution in [0.3, 0.4) is 0 Å². The number of carbonyl (C=O) groups excluding carboxylic acids is 1. The third kappa shape index (κ3) is 1.91. The van der Waals surface area contributed by atoms with E-state index >= 15 is 0 Å². The number of amides is 1. The van der Waals surface area contributed by atoms with Crippen molar-refractivity contribution in [1.29, 1.82) is 0 Å². The fraction of sp³-hybridized carbons (Fsp3) is 0.857. The molecule has 11 heavy (non-hydrogen) atoms. The molecule has 0 aromatic carbocycles. The topological polar surface area (TPSA) is 49.6 Å². The van der Waals surface area contributed by atoms with Crippen LogP contribution < -0.4 is 5.73 Å². The van der Waals surface area contributed by atoms with Gasteiger partial charge in [-0.1, -0.05) is 0 Å². The van der Waals surface area contributed by atoms with Gasteiger partial charge in [0.15, 0.2) is 0 Å². The third-order valence-corrected chi connectivity index (χ3v) is 2.18. The van der Waals surface area contributed by atoms with Gasteiger partial charge in [-0.2, -0.15) is 0 Å². The molecule has 0 unspecified atom stereocenters. The Labute approximate surface area is 66.9 Å². The zero-order chi connectivity index (χ0) is 8.43. The molecule has 1 heterocycles. The molecular weight excluding hydrogens is 142 g/mol. The van der Waals surface area contributed by atoms with Crippen molar-refractivity contribution in [3.8, 4) is 0 Å². The van der Waals surface area contributed by atoms with Gasteiger partial charge >= 0.3 is 0 Å². The highest BCUT2D eigenvalue weighted by Crippen LogP contribution is 2.04. The van der Waals surface area contributed by atoms with Crippen LogP contribution in [0, 0.1) is 0 Å². The minimum atomic E-state index is -0.223. The smallest absolute Gasteiger partial charge is 0.236 e. The molecule has 0 aromatic heterocycles. The molecule has 1 aliphatic rings. The molecule has 0 aliphatic carbocycles. The van der Waals surface area contributed by atoms with E-state index in [2.05, 4.69) is 4.90 Å². The Hall–Kier alpha value is -0.610. The fourth-order valence-electron chi connectivity index (χ4n) is 1.32. The Bertz CT molecular complexity index is 160. The van der Waals surface area contributed by atoms with Gasteiger partial charge < -0.3 is 10.6 Å². The molecule has 1 fully saturated rings. The molecule has 1 aliphatic heterocycles. The van der Waals surface area contributed by atoms with Gasteiger partial charge in [0.05, 0.1) is 0 Å². The Morgan fingerprint density at radius 1 is 1.45 bits per heavy atom. The first-order valence-corrected chi connectivity index (χ1v) is 3.79. The van der Waals surface area contributed by atoms with Crippen molar-refractivity contribution in [2.75, 3.05) is 33.7 Å². The van der Waals surface area contributed by atoms with Crippen LogP contribution >= 0.6 is 0 Å². The van der Waals surface area contributed by atoms with Gasteiger partial charge in [-0.25, -0.2) is 0 Å². The molecule has 2 N–H and O–H groups in total. The minimum absolute atomic E-state index is 0.103. The molecule has 0 bridgehead atoms. The number of nitrogens with two attached hydrogens (primary N) is 1. The molecular formula is C7H15N3O. The lowest BCUT2D eigenvalue weighted by atomic mass is 10.2. The fourth-order valence-corrected chi connectivity index (χ4v) is 1.32. The van der Waals surface area contributed by atoms with Gasteiger partial charge in [0.25, 0.3) is 0 Å². The highest BCUT2D eigenvalue weighted by Gasteiger charge is 2.25. The van der Waals surface area contributed by atoms with Crippen molar-refractivity contribution in [3.63, 3.8) is 0 Å². The van der Waals surface area contributed by atoms with E-state index in [1.54, 1.807) is 0 Å². The summed E-state index contributed by atoms with van der Waals surface area (Å²) in [5, 5.41) is 0. The number of carbonyl (C=O) groups is 1. The minimum Gasteiger partial charge on any atom is -0.368 e. The molecule has 0 radical (unpaired) electrons. The summed E-state index contributed by atoms with van der Waals surface area (Å²) in [6.07, 6.45) is 0. The predicted molar refractivity (Wildman–Crippen MR) is 43.1 cm³/mol. The van der Waals surface area contributed by atoms with Crippen molar-refractivity contribution < 1.29 is 4.79 Å². The lowest BCUT2D eigenvalue weighted by Crippen LogP contribution is -2.55. The van der Waals surface area contributed by atoms with Crippen LogP contribution in [-0.4, -0.2) is 55.5 Å². The Kier molecular flexibility index (Phi) is 2.46. The molecule has 0 spiro atoms. The monoisotopic (exact) mass is 157 g/mol. The quantitative estimate of drug-likeness (QED) is 0.515. The number of nitrogens with zero attached hydrogens (tertiary/aromatic N) is 2. The summed E-state index contributed by atoms with van der Waals surface area (Å²) in [6, 6.07) is -0.103. The van der Waals surface area contributed by atoms with Crippen molar-refractivity contribution in [1.82, 2.24) is 9.80 Å². The average Bonchev–Trinajstić information content (AvgIpc) is 1.94. The lowest BCUT2D eigenvalue weighted by Gasteiger charge is -2.35. The van der Waals surface area contributed by atoms with Gasteiger partial charge in [0.2, 0.25) is 5.91 Å². The van der Waals surface area contributed by atoms with Crippen molar-refractivity contribution >= 4 is 5.91 Å². The van der Waals surface area contributed by atoms with Crippen molar-refractivity contribution in [2.45, 2.75) is 6.04 Å². The number of likely N-dealkylation sites (N-methyl/N-ethyl adjacent to an activating group) is 2. The van der Waals surface area contributed by atoms with E-state index in [9.17, 15) is 4.79 Å². The zero-order valence-corrected chi connectivity index (χ0v) is 7.08. The van der Waals surface area contributed by atoms with E-state index in [4.69, 9.17) is 5.73 Å². The summed E-state index contributed by atoms with van der Waals surface area (Å²) in [7, 11) is 3.94. The Morgan fingerprint density at radius 2 is 2.09 bits per heavy atom. The van der Waals surface area contributed by atoms with Gasteiger partial charge in [-0.15, -0.1) is 0 Å². The van der Waals surface area contributed by atoms with Gasteiger partial charge in [-0.3, -0.25) is 9.69 Å². The van der Waals surface area contributed by atoms with Crippen LogP contribution in [0.25, 0.3) is 0 Å². The normalized spacial score (nSPS) is 28.7. The third-order valence-electron chi connectivity index (χ3n) is 2.18. The summed E-state index contributed by atoms with van der Waals surface area (Å²) >= 11 is 0. The Morgan fingerprint density at radius 3 is 2.55 bits per heavy atom. The first-order valence-electron chi connectivity index (χ1n) is 3.79. The maximum absolute atomic E-state index is 10.9. The molecule has 0 aromatic rings. The van der Waals surface area contributed by atoms with Crippen molar-refractivity contribution in [3.05, 3.63) is 0 Å². The van der Waals surface area contributed by atoms with Crippen LogP contribution in [0.4, 0.5) is 0 Å². The maximum atomic E-state index is 10.9. The maximum Gasteiger partial charge on any atom is 0.236 e. The number of piperazine rings is 1. The van der Waals surface area contributed by atoms with Crippen molar-refractivity contribution in [2.24, 2.45) is 5.73 Å². The van der Waals surface area contributed by atoms with E-state index in [0.29, 0.717) is 0 Å². The van der Waals surface area contributed by atoms with E-state index in [1.165, 1.54) is 0 Å². The number of primary amides is 1. The van der Waals surface area contributed by atoms with E-state index in [-0.39, 0.29) is 11.9 Å². The van der Waals surface area contributed by atoms with E-state index < -0.39 is 0 Å². The van der Waals surface area contributed by atoms with Crippen LogP contribution in [0.2, 0.25) is 0 Å². The van der Waals surface area contributed by atoms with Crippen LogP contribution in [0.1, 0.15) is 0 Å². The first kappa shape index (κ1) is 8.49. The highest BCUT2D eigenvalue weighted by molar-refractivity contribution is 5.80. The van der Waals surface area contributed by atoms with Crippen LogP contribution in [0.15, 0.2) is 0 Å². The standard InChI is InChI=1S/C7H15N3O/c1-9-3-4-10(2)6(5-9)7(8)11/h6H,3-5H2,1-2H3,(H2,8,11)/t6-/m1/s1. The second kappa shape index (κ2) is 3.19. The summed E-state index contributed by atoms with van der Waals surface area (Å²) in [5.74, 6) is -0.223. The summed E-state index contributed by atoms with van der Waals surface area (Å²) in [4.78, 5) is 15.0. The SMILES string of the molecule is CN1CCN(C)[C@@H](C(N)=O)C1.